The number of aromatic hydroxyl groups is 1. The molecular formula is C19H19ClN2O4. The molecule has 136 valence electrons. The van der Waals surface area contributed by atoms with Crippen molar-refractivity contribution in [2.24, 2.45) is 0 Å². The Morgan fingerprint density at radius 1 is 1.00 bits per heavy atom. The summed E-state index contributed by atoms with van der Waals surface area (Å²) in [7, 11) is 0. The van der Waals surface area contributed by atoms with Crippen LogP contribution >= 0.6 is 11.6 Å². The highest BCUT2D eigenvalue weighted by Gasteiger charge is 2.25. The van der Waals surface area contributed by atoms with Gasteiger partial charge in [0.05, 0.1) is 0 Å². The molecule has 2 aromatic carbocycles. The van der Waals surface area contributed by atoms with E-state index in [1.165, 1.54) is 12.1 Å². The molecule has 0 spiro atoms. The Labute approximate surface area is 156 Å². The van der Waals surface area contributed by atoms with Crippen LogP contribution in [0.25, 0.3) is 0 Å². The molecule has 7 heteroatoms. The van der Waals surface area contributed by atoms with E-state index < -0.39 is 0 Å². The lowest BCUT2D eigenvalue weighted by Crippen LogP contribution is -2.51. The Balaban J connectivity index is 1.49. The maximum Gasteiger partial charge on any atom is 0.260 e. The van der Waals surface area contributed by atoms with Gasteiger partial charge >= 0.3 is 0 Å². The van der Waals surface area contributed by atoms with Crippen LogP contribution < -0.4 is 4.74 Å². The zero-order valence-corrected chi connectivity index (χ0v) is 14.9. The summed E-state index contributed by atoms with van der Waals surface area (Å²) in [5, 5.41) is 10.1. The molecule has 0 saturated carbocycles. The molecule has 0 atom stereocenters. The first-order valence-corrected chi connectivity index (χ1v) is 8.65. The number of hydrogen-bond donors (Lipinski definition) is 1. The normalized spacial score (nSPS) is 14.2. The summed E-state index contributed by atoms with van der Waals surface area (Å²) in [5.74, 6) is 0.374. The number of ether oxygens (including phenoxy) is 1. The van der Waals surface area contributed by atoms with Crippen molar-refractivity contribution in [1.82, 2.24) is 9.80 Å². The van der Waals surface area contributed by atoms with Crippen molar-refractivity contribution in [3.8, 4) is 11.5 Å². The Morgan fingerprint density at radius 3 is 2.31 bits per heavy atom. The van der Waals surface area contributed by atoms with Crippen molar-refractivity contribution in [2.75, 3.05) is 32.8 Å². The molecule has 0 radical (unpaired) electrons. The maximum absolute atomic E-state index is 12.4. The van der Waals surface area contributed by atoms with Gasteiger partial charge in [0.15, 0.2) is 6.61 Å². The van der Waals surface area contributed by atoms with Crippen LogP contribution in [0, 0.1) is 0 Å². The van der Waals surface area contributed by atoms with Gasteiger partial charge in [0, 0.05) is 36.8 Å². The monoisotopic (exact) mass is 374 g/mol. The number of halogens is 1. The first kappa shape index (κ1) is 18.1. The zero-order chi connectivity index (χ0) is 18.5. The summed E-state index contributed by atoms with van der Waals surface area (Å²) in [6.45, 7) is 1.74. The van der Waals surface area contributed by atoms with E-state index in [-0.39, 0.29) is 24.2 Å². The minimum atomic E-state index is -0.148. The molecule has 0 aliphatic carbocycles. The second-order valence-electron chi connectivity index (χ2n) is 5.97. The first-order valence-electron chi connectivity index (χ1n) is 8.27. The van der Waals surface area contributed by atoms with E-state index in [0.29, 0.717) is 42.5 Å². The fourth-order valence-electron chi connectivity index (χ4n) is 2.75. The number of hydrogen-bond acceptors (Lipinski definition) is 4. The number of rotatable bonds is 4. The van der Waals surface area contributed by atoms with E-state index in [1.807, 2.05) is 0 Å². The molecule has 0 bridgehead atoms. The number of nitrogens with zero attached hydrogens (tertiary/aromatic N) is 2. The van der Waals surface area contributed by atoms with E-state index >= 15 is 0 Å². The topological polar surface area (TPSA) is 70.1 Å². The summed E-state index contributed by atoms with van der Waals surface area (Å²) in [5.41, 5.74) is 0.441. The van der Waals surface area contributed by atoms with Crippen molar-refractivity contribution in [2.45, 2.75) is 0 Å². The third-order valence-corrected chi connectivity index (χ3v) is 4.44. The van der Waals surface area contributed by atoms with Crippen molar-refractivity contribution in [3.63, 3.8) is 0 Å². The summed E-state index contributed by atoms with van der Waals surface area (Å²) in [6.07, 6.45) is 0. The molecule has 2 amide bonds. The number of carbonyl (C=O) groups is 2. The van der Waals surface area contributed by atoms with Crippen molar-refractivity contribution in [1.29, 1.82) is 0 Å². The third-order valence-electron chi connectivity index (χ3n) is 4.19. The number of amides is 2. The van der Waals surface area contributed by atoms with Gasteiger partial charge in [-0.1, -0.05) is 17.7 Å². The van der Waals surface area contributed by atoms with Crippen LogP contribution in [0.2, 0.25) is 5.02 Å². The van der Waals surface area contributed by atoms with Crippen LogP contribution in [0.3, 0.4) is 0 Å². The molecule has 0 aromatic heterocycles. The maximum atomic E-state index is 12.4. The van der Waals surface area contributed by atoms with Crippen LogP contribution in [0.5, 0.6) is 11.5 Å². The zero-order valence-electron chi connectivity index (χ0n) is 14.1. The van der Waals surface area contributed by atoms with Gasteiger partial charge in [-0.05, 0) is 42.5 Å². The van der Waals surface area contributed by atoms with Crippen LogP contribution in [-0.2, 0) is 4.79 Å². The second kappa shape index (κ2) is 8.10. The smallest absolute Gasteiger partial charge is 0.260 e. The van der Waals surface area contributed by atoms with Gasteiger partial charge in [-0.2, -0.15) is 0 Å². The lowest BCUT2D eigenvalue weighted by atomic mass is 10.1. The van der Waals surface area contributed by atoms with Crippen molar-refractivity contribution < 1.29 is 19.4 Å². The van der Waals surface area contributed by atoms with Crippen LogP contribution in [0.15, 0.2) is 48.5 Å². The van der Waals surface area contributed by atoms with E-state index in [0.717, 1.165) is 0 Å². The van der Waals surface area contributed by atoms with Crippen LogP contribution in [-0.4, -0.2) is 59.5 Å². The number of phenolic OH excluding ortho intramolecular Hbond substituents is 1. The average Bonchev–Trinajstić information content (AvgIpc) is 2.67. The predicted molar refractivity (Wildman–Crippen MR) is 97.5 cm³/mol. The molecule has 1 fully saturated rings. The first-order chi connectivity index (χ1) is 12.5. The summed E-state index contributed by atoms with van der Waals surface area (Å²) >= 11 is 5.81. The van der Waals surface area contributed by atoms with Crippen molar-refractivity contribution >= 4 is 23.4 Å². The van der Waals surface area contributed by atoms with Crippen LogP contribution in [0.1, 0.15) is 10.4 Å². The quantitative estimate of drug-likeness (QED) is 0.892. The number of benzene rings is 2. The summed E-state index contributed by atoms with van der Waals surface area (Å²) < 4.78 is 5.47. The minimum absolute atomic E-state index is 0.0534. The Bertz CT molecular complexity index is 786. The number of piperazine rings is 1. The van der Waals surface area contributed by atoms with E-state index in [2.05, 4.69) is 0 Å². The van der Waals surface area contributed by atoms with Gasteiger partial charge in [0.25, 0.3) is 11.8 Å². The van der Waals surface area contributed by atoms with E-state index in [4.69, 9.17) is 16.3 Å². The molecule has 3 rings (SSSR count). The molecule has 1 N–H and O–H groups in total. The van der Waals surface area contributed by atoms with E-state index in [9.17, 15) is 14.7 Å². The van der Waals surface area contributed by atoms with Crippen LogP contribution in [0.4, 0.5) is 0 Å². The van der Waals surface area contributed by atoms with E-state index in [1.54, 1.807) is 46.2 Å². The highest BCUT2D eigenvalue weighted by Crippen LogP contribution is 2.16. The molecule has 1 aliphatic heterocycles. The lowest BCUT2D eigenvalue weighted by molar-refractivity contribution is -0.134. The minimum Gasteiger partial charge on any atom is -0.508 e. The molecular weight excluding hydrogens is 356 g/mol. The fraction of sp³-hybridized carbons (Fsp3) is 0.263. The predicted octanol–water partition coefficient (Wildman–Crippen LogP) is 2.41. The molecule has 0 unspecified atom stereocenters. The standard InChI is InChI=1S/C19H19ClN2O4/c20-15-4-6-17(7-5-15)26-13-18(24)21-8-10-22(11-9-21)19(25)14-2-1-3-16(23)12-14/h1-7,12,23H,8-11,13H2. The Hall–Kier alpha value is -2.73. The molecule has 1 heterocycles. The summed E-state index contributed by atoms with van der Waals surface area (Å²) in [6, 6.07) is 13.1. The molecule has 1 saturated heterocycles. The van der Waals surface area contributed by atoms with Gasteiger partial charge < -0.3 is 19.6 Å². The van der Waals surface area contributed by atoms with Gasteiger partial charge in [-0.15, -0.1) is 0 Å². The fourth-order valence-corrected chi connectivity index (χ4v) is 2.87. The molecule has 1 aliphatic rings. The molecule has 2 aromatic rings. The van der Waals surface area contributed by atoms with Gasteiger partial charge in [-0.25, -0.2) is 0 Å². The van der Waals surface area contributed by atoms with Gasteiger partial charge in [0.1, 0.15) is 11.5 Å². The number of phenols is 1. The average molecular weight is 375 g/mol. The summed E-state index contributed by atoms with van der Waals surface area (Å²) in [4.78, 5) is 28.1. The third kappa shape index (κ3) is 4.46. The highest BCUT2D eigenvalue weighted by atomic mass is 35.5. The Kier molecular flexibility index (Phi) is 5.63. The van der Waals surface area contributed by atoms with Gasteiger partial charge in [-0.3, -0.25) is 9.59 Å². The second-order valence-corrected chi connectivity index (χ2v) is 6.40. The highest BCUT2D eigenvalue weighted by molar-refractivity contribution is 6.30. The number of carbonyl (C=O) groups excluding carboxylic acids is 2. The molecule has 26 heavy (non-hydrogen) atoms. The van der Waals surface area contributed by atoms with Gasteiger partial charge in [0.2, 0.25) is 0 Å². The van der Waals surface area contributed by atoms with Crippen molar-refractivity contribution in [3.05, 3.63) is 59.1 Å². The lowest BCUT2D eigenvalue weighted by Gasteiger charge is -2.34. The molecule has 6 nitrogen and oxygen atoms in total. The Morgan fingerprint density at radius 2 is 1.65 bits per heavy atom. The SMILES string of the molecule is O=C(COc1ccc(Cl)cc1)N1CCN(C(=O)c2cccc(O)c2)CC1. The largest absolute Gasteiger partial charge is 0.508 e.